The van der Waals surface area contributed by atoms with Crippen LogP contribution in [0.4, 0.5) is 4.39 Å². The second-order valence-electron chi connectivity index (χ2n) is 3.40. The predicted molar refractivity (Wildman–Crippen MR) is 75.4 cm³/mol. The molecule has 0 atom stereocenters. The Morgan fingerprint density at radius 1 is 1.47 bits per heavy atom. The van der Waals surface area contributed by atoms with Crippen molar-refractivity contribution in [3.8, 4) is 0 Å². The van der Waals surface area contributed by atoms with Crippen molar-refractivity contribution in [3.63, 3.8) is 0 Å². The first kappa shape index (κ1) is 12.9. The number of benzene rings is 1. The van der Waals surface area contributed by atoms with Gasteiger partial charge in [0.25, 0.3) is 0 Å². The highest BCUT2D eigenvalue weighted by Crippen LogP contribution is 2.18. The van der Waals surface area contributed by atoms with E-state index in [1.807, 2.05) is 34.9 Å². The summed E-state index contributed by atoms with van der Waals surface area (Å²) < 4.78 is 15.5. The fraction of sp³-hybridized carbons (Fsp3) is 0.182. The van der Waals surface area contributed by atoms with Crippen LogP contribution in [0.25, 0.3) is 0 Å². The molecule has 89 valence electrons. The van der Waals surface area contributed by atoms with E-state index in [2.05, 4.69) is 26.2 Å². The van der Waals surface area contributed by atoms with Crippen molar-refractivity contribution in [1.82, 2.24) is 15.0 Å². The van der Waals surface area contributed by atoms with Crippen LogP contribution in [0.5, 0.6) is 0 Å². The fourth-order valence-electron chi connectivity index (χ4n) is 1.35. The first-order valence-corrected chi connectivity index (χ1v) is 7.16. The summed E-state index contributed by atoms with van der Waals surface area (Å²) in [6, 6.07) is 4.97. The summed E-state index contributed by atoms with van der Waals surface area (Å²) in [4.78, 5) is 0. The van der Waals surface area contributed by atoms with Gasteiger partial charge in [0.05, 0.1) is 9.26 Å². The molecule has 0 bridgehead atoms. The number of hydrogen-bond donors (Lipinski definition) is 0. The predicted octanol–water partition coefficient (Wildman–Crippen LogP) is 3.02. The molecular weight excluding hydrogens is 400 g/mol. The van der Waals surface area contributed by atoms with Crippen molar-refractivity contribution in [2.45, 2.75) is 6.42 Å². The Labute approximate surface area is 121 Å². The number of aromatic nitrogens is 3. The van der Waals surface area contributed by atoms with Gasteiger partial charge in [0, 0.05) is 17.9 Å². The highest BCUT2D eigenvalue weighted by Gasteiger charge is 2.07. The molecule has 1 radical (unpaired) electrons. The van der Waals surface area contributed by atoms with Gasteiger partial charge in [-0.2, -0.15) is 0 Å². The second kappa shape index (κ2) is 5.90. The number of halogens is 3. The summed E-state index contributed by atoms with van der Waals surface area (Å²) in [6.45, 7) is 1.76. The largest absolute Gasteiger partial charge is 0.242 e. The van der Waals surface area contributed by atoms with Crippen LogP contribution in [0.2, 0.25) is 0 Å². The summed E-state index contributed by atoms with van der Waals surface area (Å²) in [5.74, 6) is -0.222. The van der Waals surface area contributed by atoms with Gasteiger partial charge in [0.15, 0.2) is 0 Å². The molecule has 3 nitrogen and oxygen atoms in total. The van der Waals surface area contributed by atoms with Crippen molar-refractivity contribution in [3.05, 3.63) is 51.6 Å². The highest BCUT2D eigenvalue weighted by molar-refractivity contribution is 14.1. The van der Waals surface area contributed by atoms with Gasteiger partial charge in [0.1, 0.15) is 12.4 Å². The fourth-order valence-corrected chi connectivity index (χ4v) is 2.26. The van der Waals surface area contributed by atoms with Gasteiger partial charge in [-0.25, -0.2) is 9.07 Å². The number of rotatable bonds is 4. The van der Waals surface area contributed by atoms with Crippen molar-refractivity contribution in [2.24, 2.45) is 0 Å². The number of hydrogen-bond acceptors (Lipinski definition) is 2. The quantitative estimate of drug-likeness (QED) is 0.575. The molecule has 6 heteroatoms. The minimum absolute atomic E-state index is 0.222. The van der Waals surface area contributed by atoms with Crippen molar-refractivity contribution in [1.29, 1.82) is 0 Å². The summed E-state index contributed by atoms with van der Waals surface area (Å²) in [5, 5.41) is 8.83. The number of alkyl halides is 1. The average Bonchev–Trinajstić information content (AvgIpc) is 2.73. The Morgan fingerprint density at radius 2 is 2.29 bits per heavy atom. The monoisotopic (exact) mass is 408 g/mol. The maximum atomic E-state index is 13.3. The zero-order valence-electron chi connectivity index (χ0n) is 8.78. The standard InChI is InChI=1S/C11H9BrFIN3/c12-5-4-9-7-17(16-15-9)6-8-2-1-3-10(13)11(8)14/h1-3,6-7H,4-5H2. The zero-order valence-corrected chi connectivity index (χ0v) is 12.5. The molecule has 1 heterocycles. The summed E-state index contributed by atoms with van der Waals surface area (Å²) in [7, 11) is 0. The minimum atomic E-state index is -0.222. The third kappa shape index (κ3) is 3.25. The van der Waals surface area contributed by atoms with Crippen LogP contribution in [0.3, 0.4) is 0 Å². The summed E-state index contributed by atoms with van der Waals surface area (Å²) in [6.07, 6.45) is 2.66. The van der Waals surface area contributed by atoms with E-state index in [-0.39, 0.29) is 5.82 Å². The molecule has 2 aromatic rings. The van der Waals surface area contributed by atoms with Crippen molar-refractivity contribution >= 4 is 38.5 Å². The van der Waals surface area contributed by atoms with Crippen LogP contribution in [0.15, 0.2) is 24.4 Å². The molecule has 1 aromatic carbocycles. The molecule has 1 aromatic heterocycles. The topological polar surface area (TPSA) is 30.7 Å². The molecule has 0 aliphatic heterocycles. The van der Waals surface area contributed by atoms with E-state index >= 15 is 0 Å². The third-order valence-electron chi connectivity index (χ3n) is 2.16. The molecular formula is C11H9BrFIN3. The second-order valence-corrected chi connectivity index (χ2v) is 5.27. The van der Waals surface area contributed by atoms with Crippen LogP contribution in [-0.4, -0.2) is 20.3 Å². The average molecular weight is 409 g/mol. The maximum Gasteiger partial charge on any atom is 0.136 e. The molecule has 0 N–H and O–H groups in total. The SMILES string of the molecule is Fc1cccc([CH]n2cc(CCBr)nn2)c1I. The van der Waals surface area contributed by atoms with Gasteiger partial charge in [-0.15, -0.1) is 5.10 Å². The van der Waals surface area contributed by atoms with Gasteiger partial charge in [-0.05, 0) is 34.2 Å². The van der Waals surface area contributed by atoms with E-state index in [4.69, 9.17) is 0 Å². The van der Waals surface area contributed by atoms with Crippen LogP contribution < -0.4 is 0 Å². The lowest BCUT2D eigenvalue weighted by Crippen LogP contribution is -2.00. The minimum Gasteiger partial charge on any atom is -0.242 e. The molecule has 0 saturated carbocycles. The molecule has 0 amide bonds. The number of nitrogens with zero attached hydrogens (tertiary/aromatic N) is 3. The molecule has 0 fully saturated rings. The normalized spacial score (nSPS) is 10.8. The Bertz CT molecular complexity index is 515. The van der Waals surface area contributed by atoms with E-state index in [0.717, 1.165) is 23.0 Å². The van der Waals surface area contributed by atoms with Crippen LogP contribution in [0, 0.1) is 15.9 Å². The first-order chi connectivity index (χ1) is 8.20. The van der Waals surface area contributed by atoms with E-state index in [1.54, 1.807) is 17.3 Å². The molecule has 0 aliphatic rings. The maximum absolute atomic E-state index is 13.3. The first-order valence-electron chi connectivity index (χ1n) is 4.96. The Morgan fingerprint density at radius 3 is 3.06 bits per heavy atom. The molecule has 2 rings (SSSR count). The van der Waals surface area contributed by atoms with Gasteiger partial charge >= 0.3 is 0 Å². The Kier molecular flexibility index (Phi) is 4.49. The van der Waals surface area contributed by atoms with Crippen molar-refractivity contribution in [2.75, 3.05) is 5.33 Å². The molecule has 0 unspecified atom stereocenters. The summed E-state index contributed by atoms with van der Waals surface area (Å²) >= 11 is 5.33. The molecule has 0 saturated heterocycles. The van der Waals surface area contributed by atoms with Gasteiger partial charge in [0.2, 0.25) is 0 Å². The number of aryl methyl sites for hydroxylation is 1. The third-order valence-corrected chi connectivity index (χ3v) is 3.70. The van der Waals surface area contributed by atoms with Crippen molar-refractivity contribution < 1.29 is 4.39 Å². The highest BCUT2D eigenvalue weighted by atomic mass is 127. The lowest BCUT2D eigenvalue weighted by molar-refractivity contribution is 0.617. The lowest BCUT2D eigenvalue weighted by Gasteiger charge is -2.03. The van der Waals surface area contributed by atoms with Crippen LogP contribution in [-0.2, 0) is 6.42 Å². The van der Waals surface area contributed by atoms with E-state index < -0.39 is 0 Å². The summed E-state index contributed by atoms with van der Waals surface area (Å²) in [5.41, 5.74) is 1.70. The Hall–Kier alpha value is -0.500. The lowest BCUT2D eigenvalue weighted by atomic mass is 10.2. The Balaban J connectivity index is 2.16. The van der Waals surface area contributed by atoms with Gasteiger partial charge < -0.3 is 0 Å². The van der Waals surface area contributed by atoms with E-state index in [9.17, 15) is 4.39 Å². The van der Waals surface area contributed by atoms with E-state index in [0.29, 0.717) is 3.57 Å². The van der Waals surface area contributed by atoms with Crippen LogP contribution in [0.1, 0.15) is 11.3 Å². The van der Waals surface area contributed by atoms with E-state index in [1.165, 1.54) is 6.07 Å². The smallest absolute Gasteiger partial charge is 0.136 e. The molecule has 0 spiro atoms. The van der Waals surface area contributed by atoms with Gasteiger partial charge in [-0.3, -0.25) is 0 Å². The molecule has 17 heavy (non-hydrogen) atoms. The zero-order chi connectivity index (χ0) is 12.3. The molecule has 0 aliphatic carbocycles. The van der Waals surface area contributed by atoms with Gasteiger partial charge in [-0.1, -0.05) is 33.3 Å². The van der Waals surface area contributed by atoms with Crippen LogP contribution >= 0.6 is 38.5 Å².